The van der Waals surface area contributed by atoms with E-state index in [2.05, 4.69) is 47.4 Å². The van der Waals surface area contributed by atoms with Crippen LogP contribution in [-0.2, 0) is 6.42 Å². The van der Waals surface area contributed by atoms with Crippen LogP contribution in [0.3, 0.4) is 0 Å². The summed E-state index contributed by atoms with van der Waals surface area (Å²) in [5, 5.41) is 8.00. The van der Waals surface area contributed by atoms with Gasteiger partial charge in [-0.2, -0.15) is 0 Å². The summed E-state index contributed by atoms with van der Waals surface area (Å²) in [5.41, 5.74) is 6.75. The van der Waals surface area contributed by atoms with Crippen LogP contribution >= 0.6 is 0 Å². The normalized spacial score (nSPS) is 16.6. The first-order valence-corrected chi connectivity index (χ1v) is 6.89. The molecule has 1 heterocycles. The van der Waals surface area contributed by atoms with Gasteiger partial charge in [0.25, 0.3) is 0 Å². The Bertz CT molecular complexity index is 673. The van der Waals surface area contributed by atoms with Gasteiger partial charge < -0.3 is 4.90 Å². The molecule has 2 aromatic rings. The number of benzene rings is 2. The summed E-state index contributed by atoms with van der Waals surface area (Å²) >= 11 is 0. The summed E-state index contributed by atoms with van der Waals surface area (Å²) in [5.74, 6) is 0.760. The molecule has 0 bridgehead atoms. The van der Waals surface area contributed by atoms with Gasteiger partial charge in [0.15, 0.2) is 0 Å². The van der Waals surface area contributed by atoms with Gasteiger partial charge in [0.2, 0.25) is 0 Å². The highest BCUT2D eigenvalue weighted by Crippen LogP contribution is 2.38. The SMILES string of the molecule is N=C1CCCN1c1ccc2c(c1)Cc1ccccc1-2. The second-order valence-electron chi connectivity index (χ2n) is 5.38. The van der Waals surface area contributed by atoms with E-state index >= 15 is 0 Å². The van der Waals surface area contributed by atoms with Crippen LogP contribution in [0.1, 0.15) is 24.0 Å². The van der Waals surface area contributed by atoms with Crippen LogP contribution in [0.5, 0.6) is 0 Å². The molecule has 1 fully saturated rings. The number of rotatable bonds is 1. The molecule has 2 aromatic carbocycles. The van der Waals surface area contributed by atoms with Gasteiger partial charge in [0.1, 0.15) is 5.84 Å². The van der Waals surface area contributed by atoms with Gasteiger partial charge in [-0.1, -0.05) is 30.3 Å². The Morgan fingerprint density at radius 2 is 1.79 bits per heavy atom. The molecule has 1 aliphatic heterocycles. The van der Waals surface area contributed by atoms with Crippen molar-refractivity contribution >= 4 is 11.5 Å². The van der Waals surface area contributed by atoms with Crippen LogP contribution in [0.4, 0.5) is 5.69 Å². The summed E-state index contributed by atoms with van der Waals surface area (Å²) in [7, 11) is 0. The van der Waals surface area contributed by atoms with Gasteiger partial charge in [-0.15, -0.1) is 0 Å². The molecular formula is C17H16N2. The summed E-state index contributed by atoms with van der Waals surface area (Å²) < 4.78 is 0. The summed E-state index contributed by atoms with van der Waals surface area (Å²) in [6, 6.07) is 15.3. The van der Waals surface area contributed by atoms with Crippen molar-refractivity contribution in [3.63, 3.8) is 0 Å². The molecule has 0 spiro atoms. The van der Waals surface area contributed by atoms with Crippen molar-refractivity contribution in [2.75, 3.05) is 11.4 Å². The fraction of sp³-hybridized carbons (Fsp3) is 0.235. The average Bonchev–Trinajstić information content (AvgIpc) is 3.01. The highest BCUT2D eigenvalue weighted by atomic mass is 15.2. The van der Waals surface area contributed by atoms with E-state index in [9.17, 15) is 0 Å². The van der Waals surface area contributed by atoms with E-state index in [1.165, 1.54) is 27.9 Å². The monoisotopic (exact) mass is 248 g/mol. The molecule has 1 aliphatic carbocycles. The van der Waals surface area contributed by atoms with Crippen LogP contribution in [-0.4, -0.2) is 12.4 Å². The molecule has 2 heteroatoms. The number of nitrogens with zero attached hydrogens (tertiary/aromatic N) is 1. The number of fused-ring (bicyclic) bond motifs is 3. The Morgan fingerprint density at radius 1 is 0.947 bits per heavy atom. The Kier molecular flexibility index (Phi) is 2.25. The molecule has 4 rings (SSSR count). The van der Waals surface area contributed by atoms with Crippen LogP contribution in [0.2, 0.25) is 0 Å². The van der Waals surface area contributed by atoms with Crippen molar-refractivity contribution in [2.24, 2.45) is 0 Å². The zero-order chi connectivity index (χ0) is 12.8. The molecule has 1 saturated heterocycles. The number of anilines is 1. The van der Waals surface area contributed by atoms with E-state index in [-0.39, 0.29) is 0 Å². The van der Waals surface area contributed by atoms with E-state index in [0.29, 0.717) is 0 Å². The van der Waals surface area contributed by atoms with Crippen molar-refractivity contribution in [1.29, 1.82) is 5.41 Å². The minimum atomic E-state index is 0.760. The highest BCUT2D eigenvalue weighted by Gasteiger charge is 2.22. The Balaban J connectivity index is 1.77. The molecule has 94 valence electrons. The summed E-state index contributed by atoms with van der Waals surface area (Å²) in [6.45, 7) is 0.991. The van der Waals surface area contributed by atoms with Crippen LogP contribution in [0.15, 0.2) is 42.5 Å². The van der Waals surface area contributed by atoms with Crippen molar-refractivity contribution in [2.45, 2.75) is 19.3 Å². The van der Waals surface area contributed by atoms with E-state index in [1.807, 2.05) is 0 Å². The zero-order valence-corrected chi connectivity index (χ0v) is 10.8. The number of hydrogen-bond acceptors (Lipinski definition) is 1. The lowest BCUT2D eigenvalue weighted by Crippen LogP contribution is -2.23. The van der Waals surface area contributed by atoms with Crippen molar-refractivity contribution in [3.8, 4) is 11.1 Å². The molecule has 0 atom stereocenters. The first kappa shape index (κ1) is 10.8. The van der Waals surface area contributed by atoms with Gasteiger partial charge in [-0.05, 0) is 47.2 Å². The quantitative estimate of drug-likeness (QED) is 0.696. The van der Waals surface area contributed by atoms with Crippen molar-refractivity contribution < 1.29 is 0 Å². The maximum Gasteiger partial charge on any atom is 0.100 e. The lowest BCUT2D eigenvalue weighted by atomic mass is 10.1. The average molecular weight is 248 g/mol. The van der Waals surface area contributed by atoms with E-state index in [0.717, 1.165) is 31.6 Å². The summed E-state index contributed by atoms with van der Waals surface area (Å²) in [6.07, 6.45) is 3.05. The standard InChI is InChI=1S/C17H16N2/c18-17-6-3-9-19(17)14-7-8-16-13(11-14)10-12-4-1-2-5-15(12)16/h1-2,4-5,7-8,11,18H,3,6,9-10H2. The third-order valence-corrected chi connectivity index (χ3v) is 4.21. The van der Waals surface area contributed by atoms with E-state index in [1.54, 1.807) is 0 Å². The van der Waals surface area contributed by atoms with Gasteiger partial charge in [-0.3, -0.25) is 5.41 Å². The largest absolute Gasteiger partial charge is 0.330 e. The maximum absolute atomic E-state index is 8.00. The third-order valence-electron chi connectivity index (χ3n) is 4.21. The molecule has 0 unspecified atom stereocenters. The highest BCUT2D eigenvalue weighted by molar-refractivity contribution is 5.98. The smallest absolute Gasteiger partial charge is 0.100 e. The second-order valence-corrected chi connectivity index (χ2v) is 5.38. The van der Waals surface area contributed by atoms with Crippen LogP contribution < -0.4 is 4.90 Å². The Hall–Kier alpha value is -2.09. The van der Waals surface area contributed by atoms with Gasteiger partial charge in [0.05, 0.1) is 0 Å². The minimum absolute atomic E-state index is 0.760. The molecule has 19 heavy (non-hydrogen) atoms. The molecule has 0 radical (unpaired) electrons. The van der Waals surface area contributed by atoms with Gasteiger partial charge in [0, 0.05) is 18.7 Å². The fourth-order valence-corrected chi connectivity index (χ4v) is 3.26. The molecule has 2 nitrogen and oxygen atoms in total. The predicted octanol–water partition coefficient (Wildman–Crippen LogP) is 3.84. The molecule has 0 amide bonds. The second kappa shape index (κ2) is 3.95. The third kappa shape index (κ3) is 1.60. The number of amidine groups is 1. The van der Waals surface area contributed by atoms with E-state index < -0.39 is 0 Å². The molecule has 2 aliphatic rings. The van der Waals surface area contributed by atoms with Crippen molar-refractivity contribution in [3.05, 3.63) is 53.6 Å². The van der Waals surface area contributed by atoms with Gasteiger partial charge >= 0.3 is 0 Å². The topological polar surface area (TPSA) is 27.1 Å². The van der Waals surface area contributed by atoms with Crippen LogP contribution in [0, 0.1) is 5.41 Å². The number of hydrogen-bond donors (Lipinski definition) is 1. The maximum atomic E-state index is 8.00. The molecular weight excluding hydrogens is 232 g/mol. The van der Waals surface area contributed by atoms with E-state index in [4.69, 9.17) is 5.41 Å². The molecule has 1 N–H and O–H groups in total. The Labute approximate surface area is 113 Å². The van der Waals surface area contributed by atoms with Crippen LogP contribution in [0.25, 0.3) is 11.1 Å². The van der Waals surface area contributed by atoms with Crippen molar-refractivity contribution in [1.82, 2.24) is 0 Å². The summed E-state index contributed by atoms with van der Waals surface area (Å²) in [4.78, 5) is 2.14. The fourth-order valence-electron chi connectivity index (χ4n) is 3.26. The lowest BCUT2D eigenvalue weighted by molar-refractivity contribution is 0.956. The molecule has 0 saturated carbocycles. The Morgan fingerprint density at radius 3 is 2.63 bits per heavy atom. The molecule has 0 aromatic heterocycles. The zero-order valence-electron chi connectivity index (χ0n) is 10.8. The van der Waals surface area contributed by atoms with Gasteiger partial charge in [-0.25, -0.2) is 0 Å². The number of nitrogens with one attached hydrogen (secondary N) is 1. The first-order chi connectivity index (χ1) is 9.33. The minimum Gasteiger partial charge on any atom is -0.330 e. The predicted molar refractivity (Wildman–Crippen MR) is 79.0 cm³/mol. The first-order valence-electron chi connectivity index (χ1n) is 6.89. The lowest BCUT2D eigenvalue weighted by Gasteiger charge is -2.18.